The summed E-state index contributed by atoms with van der Waals surface area (Å²) in [5.41, 5.74) is 0.653. The summed E-state index contributed by atoms with van der Waals surface area (Å²) in [7, 11) is 0. The molecule has 1 aliphatic heterocycles. The highest BCUT2D eigenvalue weighted by molar-refractivity contribution is 5.99. The first-order valence-corrected chi connectivity index (χ1v) is 7.71. The van der Waals surface area contributed by atoms with Crippen LogP contribution in [0.5, 0.6) is 11.5 Å². The van der Waals surface area contributed by atoms with E-state index in [1.807, 2.05) is 0 Å². The first-order valence-electron chi connectivity index (χ1n) is 7.71. The van der Waals surface area contributed by atoms with E-state index in [0.29, 0.717) is 67.9 Å². The van der Waals surface area contributed by atoms with Crippen LogP contribution in [0.2, 0.25) is 0 Å². The van der Waals surface area contributed by atoms with Crippen molar-refractivity contribution in [1.29, 1.82) is 0 Å². The Kier molecular flexibility index (Phi) is 5.39. The van der Waals surface area contributed by atoms with Crippen molar-refractivity contribution in [3.05, 3.63) is 18.5 Å². The Morgan fingerprint density at radius 3 is 2.25 bits per heavy atom. The second kappa shape index (κ2) is 7.89. The van der Waals surface area contributed by atoms with E-state index in [1.54, 1.807) is 12.1 Å². The van der Waals surface area contributed by atoms with Crippen molar-refractivity contribution < 1.29 is 23.7 Å². The molecule has 0 spiro atoms. The summed E-state index contributed by atoms with van der Waals surface area (Å²) < 4.78 is 22.3. The van der Waals surface area contributed by atoms with Crippen LogP contribution in [0, 0.1) is 0 Å². The van der Waals surface area contributed by atoms with Crippen molar-refractivity contribution in [2.75, 3.05) is 45.0 Å². The third kappa shape index (κ3) is 4.09. The van der Waals surface area contributed by atoms with Gasteiger partial charge in [-0.15, -0.1) is 0 Å². The topological polar surface area (TPSA) is 91.8 Å². The van der Waals surface area contributed by atoms with Crippen LogP contribution in [0.15, 0.2) is 18.5 Å². The molecule has 1 aromatic carbocycles. The summed E-state index contributed by atoms with van der Waals surface area (Å²) in [6, 6.07) is 3.53. The van der Waals surface area contributed by atoms with Crippen molar-refractivity contribution in [2.45, 2.75) is 6.92 Å². The number of anilines is 1. The van der Waals surface area contributed by atoms with E-state index in [0.717, 1.165) is 0 Å². The van der Waals surface area contributed by atoms with E-state index in [4.69, 9.17) is 18.9 Å². The summed E-state index contributed by atoms with van der Waals surface area (Å²) in [5.74, 6) is 1.35. The molecule has 1 amide bonds. The third-order valence-electron chi connectivity index (χ3n) is 3.34. The quantitative estimate of drug-likeness (QED) is 0.843. The smallest absolute Gasteiger partial charge is 0.222 e. The summed E-state index contributed by atoms with van der Waals surface area (Å²) in [6.45, 7) is 4.16. The number of aromatic nitrogens is 2. The third-order valence-corrected chi connectivity index (χ3v) is 3.34. The fourth-order valence-electron chi connectivity index (χ4n) is 2.30. The monoisotopic (exact) mass is 333 g/mol. The van der Waals surface area contributed by atoms with Gasteiger partial charge in [-0.3, -0.25) is 4.79 Å². The molecule has 0 fully saturated rings. The summed E-state index contributed by atoms with van der Waals surface area (Å²) in [5, 5.41) is 3.37. The Morgan fingerprint density at radius 1 is 0.958 bits per heavy atom. The molecule has 0 aliphatic carbocycles. The van der Waals surface area contributed by atoms with Crippen molar-refractivity contribution >= 4 is 22.6 Å². The number of fused-ring (bicyclic) bond motifs is 2. The zero-order chi connectivity index (χ0) is 16.8. The van der Waals surface area contributed by atoms with Gasteiger partial charge in [-0.2, -0.15) is 0 Å². The zero-order valence-electron chi connectivity index (χ0n) is 13.4. The first kappa shape index (κ1) is 16.4. The zero-order valence-corrected chi connectivity index (χ0v) is 13.4. The predicted molar refractivity (Wildman–Crippen MR) is 86.5 cm³/mol. The van der Waals surface area contributed by atoms with Gasteiger partial charge in [0.25, 0.3) is 0 Å². The Bertz CT molecular complexity index is 722. The van der Waals surface area contributed by atoms with Crippen LogP contribution in [0.25, 0.3) is 10.9 Å². The van der Waals surface area contributed by atoms with Crippen molar-refractivity contribution in [3.8, 4) is 11.5 Å². The molecule has 2 aromatic rings. The Morgan fingerprint density at radius 2 is 1.58 bits per heavy atom. The maximum Gasteiger partial charge on any atom is 0.222 e. The SMILES string of the molecule is CC(=O)Nc1ncnc2cc3c(cc12)OCCOCCOCCO3. The van der Waals surface area contributed by atoms with Gasteiger partial charge >= 0.3 is 0 Å². The molecular formula is C16H19N3O5. The molecule has 128 valence electrons. The van der Waals surface area contributed by atoms with Crippen molar-refractivity contribution in [1.82, 2.24) is 9.97 Å². The molecule has 1 N–H and O–H groups in total. The van der Waals surface area contributed by atoms with E-state index < -0.39 is 0 Å². The number of ether oxygens (including phenoxy) is 4. The number of amides is 1. The second-order valence-corrected chi connectivity index (χ2v) is 5.14. The van der Waals surface area contributed by atoms with Gasteiger partial charge in [0.2, 0.25) is 5.91 Å². The number of hydrogen-bond donors (Lipinski definition) is 1. The van der Waals surface area contributed by atoms with Gasteiger partial charge in [0, 0.05) is 18.4 Å². The molecular weight excluding hydrogens is 314 g/mol. The summed E-state index contributed by atoms with van der Waals surface area (Å²) >= 11 is 0. The number of carbonyl (C=O) groups excluding carboxylic acids is 1. The lowest BCUT2D eigenvalue weighted by atomic mass is 10.2. The Balaban J connectivity index is 1.95. The number of nitrogens with one attached hydrogen (secondary N) is 1. The molecule has 0 saturated heterocycles. The van der Waals surface area contributed by atoms with E-state index in [1.165, 1.54) is 13.3 Å². The molecule has 0 radical (unpaired) electrons. The van der Waals surface area contributed by atoms with Crippen LogP contribution in [0.1, 0.15) is 6.92 Å². The number of hydrogen-bond acceptors (Lipinski definition) is 7. The minimum Gasteiger partial charge on any atom is -0.487 e. The van der Waals surface area contributed by atoms with Crippen LogP contribution in [0.3, 0.4) is 0 Å². The molecule has 8 heteroatoms. The first-order chi connectivity index (χ1) is 11.7. The second-order valence-electron chi connectivity index (χ2n) is 5.14. The number of nitrogens with zero attached hydrogens (tertiary/aromatic N) is 2. The van der Waals surface area contributed by atoms with Crippen molar-refractivity contribution in [3.63, 3.8) is 0 Å². The van der Waals surface area contributed by atoms with Gasteiger partial charge in [-0.25, -0.2) is 9.97 Å². The lowest BCUT2D eigenvalue weighted by Gasteiger charge is -2.16. The van der Waals surface area contributed by atoms with Gasteiger partial charge < -0.3 is 24.3 Å². The van der Waals surface area contributed by atoms with Gasteiger partial charge in [0.1, 0.15) is 25.4 Å². The molecule has 0 atom stereocenters. The van der Waals surface area contributed by atoms with Crippen LogP contribution in [-0.2, 0) is 14.3 Å². The van der Waals surface area contributed by atoms with Crippen LogP contribution < -0.4 is 14.8 Å². The van der Waals surface area contributed by atoms with Crippen LogP contribution in [0.4, 0.5) is 5.82 Å². The Labute approximate surface area is 139 Å². The Hall–Kier alpha value is -2.45. The van der Waals surface area contributed by atoms with Gasteiger partial charge in [-0.05, 0) is 6.07 Å². The predicted octanol–water partition coefficient (Wildman–Crippen LogP) is 1.39. The number of carbonyl (C=O) groups is 1. The lowest BCUT2D eigenvalue weighted by Crippen LogP contribution is -2.16. The van der Waals surface area contributed by atoms with Crippen LogP contribution in [-0.4, -0.2) is 55.5 Å². The normalized spacial score (nSPS) is 16.0. The number of rotatable bonds is 1. The highest BCUT2D eigenvalue weighted by atomic mass is 16.6. The van der Waals surface area contributed by atoms with Gasteiger partial charge in [0.15, 0.2) is 11.5 Å². The molecule has 1 aliphatic rings. The fourth-order valence-corrected chi connectivity index (χ4v) is 2.30. The maximum atomic E-state index is 11.3. The highest BCUT2D eigenvalue weighted by Crippen LogP contribution is 2.34. The molecule has 3 rings (SSSR count). The molecule has 24 heavy (non-hydrogen) atoms. The van der Waals surface area contributed by atoms with E-state index in [9.17, 15) is 4.79 Å². The summed E-state index contributed by atoms with van der Waals surface area (Å²) in [6.07, 6.45) is 1.40. The number of benzene rings is 1. The standard InChI is InChI=1S/C16H19N3O5/c1-11(20)19-16-12-8-14-15(9-13(12)17-10-18-16)24-7-5-22-3-2-21-4-6-23-14/h8-10H,2-7H2,1H3,(H,17,18,19,20). The lowest BCUT2D eigenvalue weighted by molar-refractivity contribution is -0.114. The van der Waals surface area contributed by atoms with E-state index >= 15 is 0 Å². The molecule has 1 aromatic heterocycles. The largest absolute Gasteiger partial charge is 0.487 e. The van der Waals surface area contributed by atoms with E-state index in [2.05, 4.69) is 15.3 Å². The van der Waals surface area contributed by atoms with Gasteiger partial charge in [0.05, 0.1) is 31.9 Å². The molecule has 8 nitrogen and oxygen atoms in total. The highest BCUT2D eigenvalue weighted by Gasteiger charge is 2.13. The summed E-state index contributed by atoms with van der Waals surface area (Å²) in [4.78, 5) is 19.7. The fraction of sp³-hybridized carbons (Fsp3) is 0.438. The maximum absolute atomic E-state index is 11.3. The molecule has 0 saturated carbocycles. The van der Waals surface area contributed by atoms with E-state index in [-0.39, 0.29) is 5.91 Å². The average molecular weight is 333 g/mol. The van der Waals surface area contributed by atoms with Gasteiger partial charge in [-0.1, -0.05) is 0 Å². The average Bonchev–Trinajstić information content (AvgIpc) is 2.55. The minimum atomic E-state index is -0.203. The molecule has 0 unspecified atom stereocenters. The molecule has 0 bridgehead atoms. The van der Waals surface area contributed by atoms with Crippen molar-refractivity contribution in [2.24, 2.45) is 0 Å². The molecule has 2 heterocycles. The minimum absolute atomic E-state index is 0.203. The van der Waals surface area contributed by atoms with Crippen LogP contribution >= 0.6 is 0 Å².